The lowest BCUT2D eigenvalue weighted by Crippen LogP contribution is -2.12. The van der Waals surface area contributed by atoms with Crippen molar-refractivity contribution in [2.24, 2.45) is 7.05 Å². The van der Waals surface area contributed by atoms with Crippen LogP contribution in [0.4, 0.5) is 5.69 Å². The molecular weight excluding hydrogens is 404 g/mol. The number of carbonyl (C=O) groups excluding carboxylic acids is 1. The summed E-state index contributed by atoms with van der Waals surface area (Å²) in [5.41, 5.74) is 2.31. The third-order valence-corrected chi connectivity index (χ3v) is 5.49. The molecule has 1 aromatic carbocycles. The van der Waals surface area contributed by atoms with Crippen molar-refractivity contribution in [1.29, 1.82) is 0 Å². The van der Waals surface area contributed by atoms with Crippen molar-refractivity contribution in [2.45, 2.75) is 6.92 Å². The molecule has 0 bridgehead atoms. The summed E-state index contributed by atoms with van der Waals surface area (Å²) in [6, 6.07) is 7.48. The second kappa shape index (κ2) is 6.08. The van der Waals surface area contributed by atoms with Crippen molar-refractivity contribution >= 4 is 49.1 Å². The summed E-state index contributed by atoms with van der Waals surface area (Å²) in [5, 5.41) is 12.5. The lowest BCUT2D eigenvalue weighted by molar-refractivity contribution is 0.103. The highest BCUT2D eigenvalue weighted by Gasteiger charge is 2.17. The van der Waals surface area contributed by atoms with Crippen LogP contribution in [0, 0.1) is 6.92 Å². The summed E-state index contributed by atoms with van der Waals surface area (Å²) in [6.07, 6.45) is 3.04. The van der Waals surface area contributed by atoms with Crippen molar-refractivity contribution in [3.05, 3.63) is 52.0 Å². The number of amides is 1. The first-order valence-electron chi connectivity index (χ1n) is 7.42. The largest absolute Gasteiger partial charge is 0.319 e. The molecule has 3 heterocycles. The van der Waals surface area contributed by atoms with Gasteiger partial charge in [0, 0.05) is 16.9 Å². The molecule has 7 nitrogen and oxygen atoms in total. The summed E-state index contributed by atoms with van der Waals surface area (Å²) >= 11 is 4.86. The molecule has 3 aromatic heterocycles. The highest BCUT2D eigenvalue weighted by atomic mass is 79.9. The number of carbonyl (C=O) groups is 1. The van der Waals surface area contributed by atoms with E-state index < -0.39 is 0 Å². The molecule has 0 atom stereocenters. The minimum Gasteiger partial charge on any atom is -0.319 e. The number of halogens is 1. The topological polar surface area (TPSA) is 77.6 Å². The van der Waals surface area contributed by atoms with Gasteiger partial charge >= 0.3 is 0 Å². The summed E-state index contributed by atoms with van der Waals surface area (Å²) in [5.74, 6) is -0.167. The van der Waals surface area contributed by atoms with Gasteiger partial charge in [0.05, 0.1) is 21.9 Å². The highest BCUT2D eigenvalue weighted by molar-refractivity contribution is 9.10. The molecule has 4 rings (SSSR count). The number of hydrogen-bond donors (Lipinski definition) is 1. The van der Waals surface area contributed by atoms with Crippen molar-refractivity contribution in [3.63, 3.8) is 0 Å². The zero-order chi connectivity index (χ0) is 17.6. The number of aromatic nitrogens is 5. The fourth-order valence-corrected chi connectivity index (χ4v) is 4.02. The second-order valence-electron chi connectivity index (χ2n) is 5.49. The maximum Gasteiger partial charge on any atom is 0.265 e. The lowest BCUT2D eigenvalue weighted by atomic mass is 10.2. The van der Waals surface area contributed by atoms with Crippen LogP contribution >= 0.6 is 27.3 Å². The van der Waals surface area contributed by atoms with Crippen LogP contribution in [0.25, 0.3) is 15.9 Å². The quantitative estimate of drug-likeness (QED) is 0.553. The summed E-state index contributed by atoms with van der Waals surface area (Å²) < 4.78 is 4.27. The lowest BCUT2D eigenvalue weighted by Gasteiger charge is -2.10. The van der Waals surface area contributed by atoms with E-state index in [1.165, 1.54) is 17.7 Å². The molecule has 1 N–H and O–H groups in total. The molecule has 126 valence electrons. The Hall–Kier alpha value is -2.52. The number of benzene rings is 1. The molecule has 0 spiro atoms. The molecule has 0 unspecified atom stereocenters. The number of anilines is 1. The number of nitrogens with one attached hydrogen (secondary N) is 1. The molecule has 1 amide bonds. The first-order chi connectivity index (χ1) is 12.0. The summed E-state index contributed by atoms with van der Waals surface area (Å²) in [6.45, 7) is 1.94. The van der Waals surface area contributed by atoms with Gasteiger partial charge in [-0.15, -0.1) is 11.3 Å². The predicted octanol–water partition coefficient (Wildman–Crippen LogP) is 3.54. The van der Waals surface area contributed by atoms with Gasteiger partial charge in [-0.3, -0.25) is 9.48 Å². The smallest absolute Gasteiger partial charge is 0.265 e. The van der Waals surface area contributed by atoms with E-state index >= 15 is 0 Å². The summed E-state index contributed by atoms with van der Waals surface area (Å²) in [7, 11) is 1.88. The number of hydrogen-bond acceptors (Lipinski definition) is 5. The van der Waals surface area contributed by atoms with Gasteiger partial charge in [0.25, 0.3) is 5.91 Å². The molecule has 0 aliphatic heterocycles. The molecule has 9 heteroatoms. The molecule has 0 aliphatic rings. The van der Waals surface area contributed by atoms with Gasteiger partial charge < -0.3 is 5.32 Å². The van der Waals surface area contributed by atoms with Crippen LogP contribution in [0.2, 0.25) is 0 Å². The fraction of sp³-hybridized carbons (Fsp3) is 0.125. The number of thiophene rings is 1. The Morgan fingerprint density at radius 3 is 2.88 bits per heavy atom. The van der Waals surface area contributed by atoms with Gasteiger partial charge in [0.1, 0.15) is 17.5 Å². The van der Waals surface area contributed by atoms with E-state index in [-0.39, 0.29) is 5.91 Å². The van der Waals surface area contributed by atoms with Crippen LogP contribution in [-0.4, -0.2) is 30.5 Å². The zero-order valence-corrected chi connectivity index (χ0v) is 15.8. The minimum absolute atomic E-state index is 0.167. The fourth-order valence-electron chi connectivity index (χ4n) is 2.64. The van der Waals surface area contributed by atoms with Gasteiger partial charge in [-0.2, -0.15) is 10.2 Å². The van der Waals surface area contributed by atoms with E-state index in [0.29, 0.717) is 10.6 Å². The maximum atomic E-state index is 12.7. The van der Waals surface area contributed by atoms with Crippen molar-refractivity contribution in [3.8, 4) is 5.69 Å². The zero-order valence-electron chi connectivity index (χ0n) is 13.4. The van der Waals surface area contributed by atoms with Crippen LogP contribution < -0.4 is 5.32 Å². The number of aryl methyl sites for hydroxylation is 2. The Morgan fingerprint density at radius 2 is 2.16 bits per heavy atom. The molecular formula is C16H13BrN6OS. The van der Waals surface area contributed by atoms with E-state index in [9.17, 15) is 4.79 Å². The normalized spacial score (nSPS) is 11.2. The molecule has 0 fully saturated rings. The maximum absolute atomic E-state index is 12.7. The monoisotopic (exact) mass is 416 g/mol. The second-order valence-corrected chi connectivity index (χ2v) is 7.44. The van der Waals surface area contributed by atoms with Crippen LogP contribution in [0.5, 0.6) is 0 Å². The highest BCUT2D eigenvalue weighted by Crippen LogP contribution is 2.30. The van der Waals surface area contributed by atoms with Crippen LogP contribution in [0.1, 0.15) is 15.4 Å². The third-order valence-electron chi connectivity index (χ3n) is 3.79. The first-order valence-corrected chi connectivity index (χ1v) is 9.03. The molecule has 4 aromatic rings. The predicted molar refractivity (Wildman–Crippen MR) is 100 cm³/mol. The molecule has 25 heavy (non-hydrogen) atoms. The van der Waals surface area contributed by atoms with Crippen LogP contribution in [-0.2, 0) is 7.05 Å². The Labute approximate surface area is 155 Å². The van der Waals surface area contributed by atoms with Gasteiger partial charge in [-0.1, -0.05) is 15.9 Å². The Bertz CT molecular complexity index is 1050. The first kappa shape index (κ1) is 16.0. The van der Waals surface area contributed by atoms with Crippen molar-refractivity contribution in [1.82, 2.24) is 24.5 Å². The van der Waals surface area contributed by atoms with E-state index in [1.807, 2.05) is 38.2 Å². The number of nitrogens with zero attached hydrogens (tertiary/aromatic N) is 5. The third kappa shape index (κ3) is 2.85. The molecule has 0 aliphatic carbocycles. The minimum atomic E-state index is -0.167. The van der Waals surface area contributed by atoms with Crippen molar-refractivity contribution < 1.29 is 4.79 Å². The van der Waals surface area contributed by atoms with Crippen LogP contribution in [0.15, 0.2) is 41.4 Å². The number of rotatable bonds is 3. The Morgan fingerprint density at radius 1 is 1.32 bits per heavy atom. The molecule has 0 saturated heterocycles. The molecule has 0 saturated carbocycles. The van der Waals surface area contributed by atoms with Gasteiger partial charge in [0.15, 0.2) is 0 Å². The average Bonchev–Trinajstić information content (AvgIpc) is 3.28. The van der Waals surface area contributed by atoms with Crippen molar-refractivity contribution in [2.75, 3.05) is 5.32 Å². The Balaban J connectivity index is 1.70. The SMILES string of the molecule is Cc1nn(C)c2sc(C(=O)Nc3cc(Br)ccc3-n3cncn3)cc12. The Kier molecular flexibility index (Phi) is 3.89. The van der Waals surface area contributed by atoms with E-state index in [0.717, 1.165) is 26.1 Å². The van der Waals surface area contributed by atoms with Gasteiger partial charge in [-0.05, 0) is 31.2 Å². The number of fused-ring (bicyclic) bond motifs is 1. The summed E-state index contributed by atoms with van der Waals surface area (Å²) in [4.78, 5) is 18.3. The van der Waals surface area contributed by atoms with E-state index in [1.54, 1.807) is 15.7 Å². The van der Waals surface area contributed by atoms with E-state index in [4.69, 9.17) is 0 Å². The van der Waals surface area contributed by atoms with Gasteiger partial charge in [0.2, 0.25) is 0 Å². The molecule has 0 radical (unpaired) electrons. The van der Waals surface area contributed by atoms with E-state index in [2.05, 4.69) is 36.4 Å². The van der Waals surface area contributed by atoms with Gasteiger partial charge in [-0.25, -0.2) is 9.67 Å². The van der Waals surface area contributed by atoms with Crippen LogP contribution in [0.3, 0.4) is 0 Å². The standard InChI is InChI=1S/C16H13BrN6OS/c1-9-11-6-14(25-16(11)22(2)21-9)15(24)20-12-5-10(17)3-4-13(12)23-8-18-7-19-23/h3-8H,1-2H3,(H,20,24). The average molecular weight is 417 g/mol.